The number of benzene rings is 4. The van der Waals surface area contributed by atoms with Crippen LogP contribution in [0.2, 0.25) is 10.0 Å². The first-order chi connectivity index (χ1) is 20.2. The lowest BCUT2D eigenvalue weighted by molar-refractivity contribution is -0.140. The van der Waals surface area contributed by atoms with Crippen LogP contribution in [0.15, 0.2) is 114 Å². The van der Waals surface area contributed by atoms with Crippen molar-refractivity contribution in [2.24, 2.45) is 0 Å². The molecule has 1 atom stereocenters. The van der Waals surface area contributed by atoms with Crippen molar-refractivity contribution in [3.63, 3.8) is 0 Å². The second-order valence-electron chi connectivity index (χ2n) is 9.56. The zero-order valence-corrected chi connectivity index (χ0v) is 25.3. The number of nitrogens with zero attached hydrogens (tertiary/aromatic N) is 2. The van der Waals surface area contributed by atoms with E-state index in [0.717, 1.165) is 9.87 Å². The molecule has 1 N–H and O–H groups in total. The summed E-state index contributed by atoms with van der Waals surface area (Å²) in [4.78, 5) is 29.2. The average Bonchev–Trinajstić information content (AvgIpc) is 2.98. The molecule has 42 heavy (non-hydrogen) atoms. The Morgan fingerprint density at radius 2 is 1.38 bits per heavy atom. The molecule has 2 amide bonds. The lowest BCUT2D eigenvalue weighted by Crippen LogP contribution is -2.53. The number of hydrogen-bond donors (Lipinski definition) is 1. The van der Waals surface area contributed by atoms with Crippen molar-refractivity contribution in [3.8, 4) is 0 Å². The molecular formula is C32H31Cl2N3O4S. The van der Waals surface area contributed by atoms with Crippen molar-refractivity contribution in [2.75, 3.05) is 17.4 Å². The third kappa shape index (κ3) is 7.91. The molecule has 0 aliphatic carbocycles. The van der Waals surface area contributed by atoms with Gasteiger partial charge in [-0.05, 0) is 60.5 Å². The highest BCUT2D eigenvalue weighted by molar-refractivity contribution is 7.92. The van der Waals surface area contributed by atoms with Gasteiger partial charge in [0.15, 0.2) is 0 Å². The second kappa shape index (κ2) is 14.4. The molecule has 0 radical (unpaired) electrons. The molecule has 0 saturated heterocycles. The summed E-state index contributed by atoms with van der Waals surface area (Å²) in [6.07, 6.45) is 0.224. The van der Waals surface area contributed by atoms with E-state index in [-0.39, 0.29) is 29.5 Å². The molecule has 0 fully saturated rings. The fourth-order valence-electron chi connectivity index (χ4n) is 4.56. The molecule has 4 aromatic carbocycles. The van der Waals surface area contributed by atoms with Crippen LogP contribution >= 0.6 is 23.2 Å². The van der Waals surface area contributed by atoms with Crippen LogP contribution in [0.3, 0.4) is 0 Å². The van der Waals surface area contributed by atoms with E-state index in [1.165, 1.54) is 23.1 Å². The molecule has 0 saturated carbocycles. The van der Waals surface area contributed by atoms with Gasteiger partial charge in [0.05, 0.1) is 10.6 Å². The Morgan fingerprint density at radius 1 is 0.786 bits per heavy atom. The predicted octanol–water partition coefficient (Wildman–Crippen LogP) is 5.96. The van der Waals surface area contributed by atoms with E-state index in [0.29, 0.717) is 22.2 Å². The number of rotatable bonds is 12. The first-order valence-corrected chi connectivity index (χ1v) is 15.6. The average molecular weight is 625 g/mol. The van der Waals surface area contributed by atoms with Gasteiger partial charge in [-0.2, -0.15) is 0 Å². The number of halogens is 2. The Labute approximate surface area is 256 Å². The van der Waals surface area contributed by atoms with Crippen molar-refractivity contribution < 1.29 is 18.0 Å². The van der Waals surface area contributed by atoms with Gasteiger partial charge in [-0.3, -0.25) is 13.9 Å². The van der Waals surface area contributed by atoms with E-state index in [9.17, 15) is 18.0 Å². The van der Waals surface area contributed by atoms with Crippen LogP contribution in [0.1, 0.15) is 18.1 Å². The molecule has 4 aromatic rings. The van der Waals surface area contributed by atoms with Crippen LogP contribution < -0.4 is 9.62 Å². The Bertz CT molecular complexity index is 1620. The molecule has 7 nitrogen and oxygen atoms in total. The maximum atomic E-state index is 14.3. The minimum absolute atomic E-state index is 0.0173. The molecule has 0 spiro atoms. The van der Waals surface area contributed by atoms with E-state index in [2.05, 4.69) is 5.32 Å². The summed E-state index contributed by atoms with van der Waals surface area (Å²) in [7, 11) is -4.19. The van der Waals surface area contributed by atoms with Gasteiger partial charge in [0.1, 0.15) is 12.6 Å². The highest BCUT2D eigenvalue weighted by atomic mass is 35.5. The Kier molecular flexibility index (Phi) is 10.6. The van der Waals surface area contributed by atoms with Crippen LogP contribution in [0.5, 0.6) is 0 Å². The number of hydrogen-bond acceptors (Lipinski definition) is 4. The quantitative estimate of drug-likeness (QED) is 0.211. The number of carbonyl (C=O) groups excluding carboxylic acids is 2. The minimum Gasteiger partial charge on any atom is -0.355 e. The Morgan fingerprint density at radius 3 is 2.00 bits per heavy atom. The van der Waals surface area contributed by atoms with E-state index < -0.39 is 28.5 Å². The van der Waals surface area contributed by atoms with Gasteiger partial charge >= 0.3 is 0 Å². The molecular weight excluding hydrogens is 593 g/mol. The monoisotopic (exact) mass is 623 g/mol. The maximum absolute atomic E-state index is 14.3. The number of likely N-dealkylation sites (N-methyl/N-ethyl adjacent to an activating group) is 1. The maximum Gasteiger partial charge on any atom is 0.264 e. The van der Waals surface area contributed by atoms with Crippen LogP contribution in [-0.2, 0) is 32.6 Å². The normalized spacial score (nSPS) is 11.9. The zero-order chi connectivity index (χ0) is 30.1. The van der Waals surface area contributed by atoms with Gasteiger partial charge in [-0.1, -0.05) is 89.9 Å². The second-order valence-corrected chi connectivity index (χ2v) is 12.3. The molecule has 0 aromatic heterocycles. The fraction of sp³-hybridized carbons (Fsp3) is 0.188. The number of amides is 2. The zero-order valence-electron chi connectivity index (χ0n) is 23.0. The third-order valence-electron chi connectivity index (χ3n) is 6.57. The first-order valence-electron chi connectivity index (χ1n) is 13.4. The summed E-state index contributed by atoms with van der Waals surface area (Å²) in [5.74, 6) is -0.918. The van der Waals surface area contributed by atoms with Crippen molar-refractivity contribution >= 4 is 50.7 Å². The van der Waals surface area contributed by atoms with Gasteiger partial charge in [0.25, 0.3) is 10.0 Å². The molecule has 218 valence electrons. The van der Waals surface area contributed by atoms with Crippen molar-refractivity contribution in [1.82, 2.24) is 10.2 Å². The number of sulfonamides is 1. The lowest BCUT2D eigenvalue weighted by atomic mass is 10.0. The predicted molar refractivity (Wildman–Crippen MR) is 167 cm³/mol. The highest BCUT2D eigenvalue weighted by Crippen LogP contribution is 2.27. The SMILES string of the molecule is CCNC(=O)[C@H](Cc1ccccc1)N(Cc1cccc(Cl)c1)C(=O)CN(c1cccc(Cl)c1)S(=O)(=O)c1ccccc1. The highest BCUT2D eigenvalue weighted by Gasteiger charge is 2.34. The third-order valence-corrected chi connectivity index (χ3v) is 8.83. The Hall–Kier alpha value is -3.85. The van der Waals surface area contributed by atoms with E-state index in [4.69, 9.17) is 23.2 Å². The van der Waals surface area contributed by atoms with E-state index in [1.54, 1.807) is 67.6 Å². The van der Waals surface area contributed by atoms with Gasteiger partial charge in [-0.25, -0.2) is 8.42 Å². The van der Waals surface area contributed by atoms with Gasteiger partial charge in [0, 0.05) is 29.6 Å². The lowest BCUT2D eigenvalue weighted by Gasteiger charge is -2.34. The van der Waals surface area contributed by atoms with Gasteiger partial charge in [0.2, 0.25) is 11.8 Å². The van der Waals surface area contributed by atoms with E-state index in [1.807, 2.05) is 30.3 Å². The summed E-state index contributed by atoms with van der Waals surface area (Å²) in [5.41, 5.74) is 1.76. The molecule has 0 bridgehead atoms. The molecule has 10 heteroatoms. The summed E-state index contributed by atoms with van der Waals surface area (Å²) in [6.45, 7) is 1.62. The van der Waals surface area contributed by atoms with Gasteiger partial charge < -0.3 is 10.2 Å². The van der Waals surface area contributed by atoms with Crippen LogP contribution in [0.25, 0.3) is 0 Å². The molecule has 4 rings (SSSR count). The molecule has 0 aliphatic heterocycles. The van der Waals surface area contributed by atoms with E-state index >= 15 is 0 Å². The molecule has 0 heterocycles. The van der Waals surface area contributed by atoms with Gasteiger partial charge in [-0.15, -0.1) is 0 Å². The Balaban J connectivity index is 1.79. The van der Waals surface area contributed by atoms with Crippen molar-refractivity contribution in [1.29, 1.82) is 0 Å². The van der Waals surface area contributed by atoms with Crippen LogP contribution in [0, 0.1) is 0 Å². The number of carbonyl (C=O) groups is 2. The minimum atomic E-state index is -4.19. The smallest absolute Gasteiger partial charge is 0.264 e. The summed E-state index contributed by atoms with van der Waals surface area (Å²) in [5, 5.41) is 3.63. The summed E-state index contributed by atoms with van der Waals surface area (Å²) in [6, 6.07) is 29.6. The van der Waals surface area contributed by atoms with Crippen LogP contribution in [-0.4, -0.2) is 44.3 Å². The van der Waals surface area contributed by atoms with Crippen molar-refractivity contribution in [3.05, 3.63) is 130 Å². The first kappa shape index (κ1) is 31.1. The van der Waals surface area contributed by atoms with Crippen LogP contribution in [0.4, 0.5) is 5.69 Å². The standard InChI is InChI=1S/C32H31Cl2N3O4S/c1-2-35-32(39)30(20-24-11-5-3-6-12-24)36(22-25-13-9-14-26(33)19-25)31(38)23-37(28-16-10-15-27(34)21-28)42(40,41)29-17-7-4-8-18-29/h3-19,21,30H,2,20,22-23H2,1H3,(H,35,39)/t30-/m0/s1. The summed E-state index contributed by atoms with van der Waals surface area (Å²) >= 11 is 12.5. The largest absolute Gasteiger partial charge is 0.355 e. The molecule has 0 unspecified atom stereocenters. The summed E-state index contributed by atoms with van der Waals surface area (Å²) < 4.78 is 28.9. The fourth-order valence-corrected chi connectivity index (χ4v) is 6.38. The number of nitrogens with one attached hydrogen (secondary N) is 1. The topological polar surface area (TPSA) is 86.8 Å². The number of anilines is 1. The van der Waals surface area contributed by atoms with Crippen molar-refractivity contribution in [2.45, 2.75) is 30.8 Å². The molecule has 0 aliphatic rings.